The number of nitrogens with zero attached hydrogens (tertiary/aromatic N) is 2. The zero-order chi connectivity index (χ0) is 38.8. The first kappa shape index (κ1) is 32.3. The third-order valence-electron chi connectivity index (χ3n) is 15.0. The normalized spacial score (nSPS) is 22.1. The van der Waals surface area contributed by atoms with Crippen LogP contribution in [-0.2, 0) is 10.8 Å². The molecule has 3 heteroatoms. The van der Waals surface area contributed by atoms with Crippen molar-refractivity contribution in [2.45, 2.75) is 49.9 Å². The highest BCUT2D eigenvalue weighted by Crippen LogP contribution is 2.65. The number of rotatable bonds is 1. The minimum atomic E-state index is -0.304. The Kier molecular flexibility index (Phi) is 6.05. The molecule has 2 aromatic heterocycles. The average Bonchev–Trinajstić information content (AvgIpc) is 3.72. The molecule has 0 radical (unpaired) electrons. The maximum atomic E-state index is 6.42. The number of fused-ring (bicyclic) bond motifs is 17. The van der Waals surface area contributed by atoms with E-state index in [1.807, 2.05) is 0 Å². The highest BCUT2D eigenvalue weighted by molar-refractivity contribution is 6.25. The number of hydrogen-bond acceptors (Lipinski definition) is 2. The lowest BCUT2D eigenvalue weighted by Crippen LogP contribution is -2.30. The second kappa shape index (κ2) is 11.1. The largest absolute Gasteiger partial charge is 0.456 e. The van der Waals surface area contributed by atoms with Crippen LogP contribution in [0.4, 0.5) is 0 Å². The van der Waals surface area contributed by atoms with Crippen molar-refractivity contribution in [3.05, 3.63) is 191 Å². The van der Waals surface area contributed by atoms with Crippen molar-refractivity contribution >= 4 is 71.6 Å². The number of furan rings is 1. The van der Waals surface area contributed by atoms with Crippen LogP contribution in [0.3, 0.4) is 0 Å². The Morgan fingerprint density at radius 3 is 2.37 bits per heavy atom. The Morgan fingerprint density at radius 1 is 0.678 bits per heavy atom. The fourth-order valence-corrected chi connectivity index (χ4v) is 12.1. The Hall–Kier alpha value is -6.71. The topological polar surface area (TPSA) is 30.4 Å². The summed E-state index contributed by atoms with van der Waals surface area (Å²) in [4.78, 5) is 6.14. The van der Waals surface area contributed by atoms with Gasteiger partial charge >= 0.3 is 0 Å². The fraction of sp³-hybridized carbons (Fsp3) is 0.161. The van der Waals surface area contributed by atoms with Gasteiger partial charge in [-0.1, -0.05) is 135 Å². The first-order valence-corrected chi connectivity index (χ1v) is 21.3. The minimum Gasteiger partial charge on any atom is -0.456 e. The smallest absolute Gasteiger partial charge is 0.135 e. The summed E-state index contributed by atoms with van der Waals surface area (Å²) in [6, 6.07) is 52.3. The second-order valence-electron chi connectivity index (χ2n) is 18.2. The van der Waals surface area contributed by atoms with Gasteiger partial charge in [-0.25, -0.2) is 4.99 Å². The molecule has 4 aliphatic carbocycles. The van der Waals surface area contributed by atoms with Crippen LogP contribution in [0, 0.1) is 5.92 Å². The lowest BCUT2D eigenvalue weighted by molar-refractivity contribution is 0.578. The van der Waals surface area contributed by atoms with Gasteiger partial charge in [0.2, 0.25) is 0 Å². The molecule has 1 aliphatic heterocycles. The molecular weight excluding hydrogens is 717 g/mol. The highest BCUT2D eigenvalue weighted by atomic mass is 16.3. The lowest BCUT2D eigenvalue weighted by atomic mass is 9.71. The molecule has 7 aromatic carbocycles. The number of para-hydroxylation sites is 1. The summed E-state index contributed by atoms with van der Waals surface area (Å²) in [5.41, 5.74) is 17.4. The van der Waals surface area contributed by atoms with Crippen molar-refractivity contribution in [1.29, 1.82) is 0 Å². The Bertz CT molecular complexity index is 3530. The zero-order valence-electron chi connectivity index (χ0n) is 33.1. The van der Waals surface area contributed by atoms with E-state index in [1.165, 1.54) is 99.1 Å². The second-order valence-corrected chi connectivity index (χ2v) is 18.2. The van der Waals surface area contributed by atoms with Gasteiger partial charge in [-0.3, -0.25) is 4.57 Å². The van der Waals surface area contributed by atoms with Gasteiger partial charge in [0.1, 0.15) is 17.0 Å². The predicted octanol–water partition coefficient (Wildman–Crippen LogP) is 14.3. The van der Waals surface area contributed by atoms with Crippen molar-refractivity contribution in [2.24, 2.45) is 10.9 Å². The summed E-state index contributed by atoms with van der Waals surface area (Å²) < 4.78 is 9.03. The summed E-state index contributed by atoms with van der Waals surface area (Å²) in [5, 5.41) is 7.45. The van der Waals surface area contributed by atoms with Crippen LogP contribution in [0.1, 0.15) is 66.8 Å². The third-order valence-corrected chi connectivity index (χ3v) is 15.0. The van der Waals surface area contributed by atoms with Gasteiger partial charge in [0.15, 0.2) is 0 Å². The van der Waals surface area contributed by atoms with Gasteiger partial charge in [0, 0.05) is 38.4 Å². The van der Waals surface area contributed by atoms with Gasteiger partial charge in [0.25, 0.3) is 0 Å². The average molecular weight is 757 g/mol. The molecule has 9 aromatic rings. The van der Waals surface area contributed by atoms with Crippen LogP contribution in [-0.4, -0.2) is 10.4 Å². The van der Waals surface area contributed by atoms with Crippen molar-refractivity contribution in [3.63, 3.8) is 0 Å². The van der Waals surface area contributed by atoms with E-state index in [0.29, 0.717) is 11.8 Å². The number of aliphatic imine (C=N–C) groups is 1. The molecule has 3 heterocycles. The molecule has 3 atom stereocenters. The molecule has 3 nitrogen and oxygen atoms in total. The predicted molar refractivity (Wildman–Crippen MR) is 244 cm³/mol. The summed E-state index contributed by atoms with van der Waals surface area (Å²) in [5.74, 6) is 1.90. The van der Waals surface area contributed by atoms with Crippen LogP contribution in [0.2, 0.25) is 0 Å². The maximum Gasteiger partial charge on any atom is 0.135 e. The van der Waals surface area contributed by atoms with E-state index in [2.05, 4.69) is 176 Å². The number of benzene rings is 7. The van der Waals surface area contributed by atoms with E-state index in [-0.39, 0.29) is 10.8 Å². The van der Waals surface area contributed by atoms with Gasteiger partial charge in [0.05, 0.1) is 22.1 Å². The molecule has 0 bridgehead atoms. The number of allylic oxidation sites excluding steroid dienone is 5. The fourth-order valence-electron chi connectivity index (χ4n) is 12.1. The molecule has 0 spiro atoms. The summed E-state index contributed by atoms with van der Waals surface area (Å²) in [6.07, 6.45) is 10.0. The van der Waals surface area contributed by atoms with E-state index in [9.17, 15) is 0 Å². The van der Waals surface area contributed by atoms with E-state index in [4.69, 9.17) is 9.41 Å². The van der Waals surface area contributed by atoms with E-state index >= 15 is 0 Å². The Labute approximate surface area is 342 Å². The highest BCUT2D eigenvalue weighted by Gasteiger charge is 2.62. The van der Waals surface area contributed by atoms with Crippen LogP contribution < -0.4 is 0 Å². The van der Waals surface area contributed by atoms with Gasteiger partial charge in [-0.15, -0.1) is 0 Å². The molecule has 59 heavy (non-hydrogen) atoms. The first-order chi connectivity index (χ1) is 29.0. The van der Waals surface area contributed by atoms with Gasteiger partial charge in [-0.05, 0) is 117 Å². The molecule has 5 aliphatic rings. The van der Waals surface area contributed by atoms with Crippen molar-refractivity contribution in [2.75, 3.05) is 0 Å². The molecule has 0 N–H and O–H groups in total. The SMILES string of the molecule is CC1(C)C2=C(N=C(n3c4cc5ccccc5cc4c4c5c(ccc43)C3=CC=CCC3c3ccccc3-5)C3(c4ccc5oc6ccccc6c5c4)CC3C2)c2ccccc21. The lowest BCUT2D eigenvalue weighted by Gasteiger charge is -2.32. The van der Waals surface area contributed by atoms with Gasteiger partial charge in [-0.2, -0.15) is 0 Å². The van der Waals surface area contributed by atoms with Gasteiger partial charge < -0.3 is 4.42 Å². The van der Waals surface area contributed by atoms with Crippen molar-refractivity contribution in [3.8, 4) is 11.1 Å². The molecule has 280 valence electrons. The maximum absolute atomic E-state index is 6.42. The van der Waals surface area contributed by atoms with Crippen LogP contribution >= 0.6 is 0 Å². The molecule has 3 unspecified atom stereocenters. The standard InChI is InChI=1S/C56H40N2O/c1-55(2)45-21-11-9-20-42(45)53-46(55)30-35-31-56(35,34-23-26-50-43(29-34)39-18-10-12-22-49(39)59-50)54(57-53)58-47-25-24-41-38-17-6-5-15-36(38)37-16-7-8-19-40(37)51(41)52(47)44-27-32-13-3-4-14-33(32)28-48(44)58/h3-14,16-29,35-36H,15,30-31H2,1-2H3. The molecule has 0 amide bonds. The zero-order valence-corrected chi connectivity index (χ0v) is 33.1. The Balaban J connectivity index is 1.14. The van der Waals surface area contributed by atoms with Crippen LogP contribution in [0.15, 0.2) is 173 Å². The van der Waals surface area contributed by atoms with E-state index < -0.39 is 0 Å². The number of aromatic nitrogens is 1. The van der Waals surface area contributed by atoms with E-state index in [0.717, 1.165) is 36.3 Å². The van der Waals surface area contributed by atoms with Crippen LogP contribution in [0.5, 0.6) is 0 Å². The molecule has 1 saturated carbocycles. The quantitative estimate of drug-likeness (QED) is 0.164. The monoisotopic (exact) mass is 756 g/mol. The van der Waals surface area contributed by atoms with Crippen LogP contribution in [0.25, 0.3) is 76.9 Å². The first-order valence-electron chi connectivity index (χ1n) is 21.3. The molecular formula is C56H40N2O. The molecule has 14 rings (SSSR count). The van der Waals surface area contributed by atoms with Crippen molar-refractivity contribution < 1.29 is 4.42 Å². The Morgan fingerprint density at radius 2 is 1.46 bits per heavy atom. The molecule has 1 fully saturated rings. The third kappa shape index (κ3) is 4.06. The molecule has 0 saturated heterocycles. The number of hydrogen-bond donors (Lipinski definition) is 0. The summed E-state index contributed by atoms with van der Waals surface area (Å²) in [7, 11) is 0. The summed E-state index contributed by atoms with van der Waals surface area (Å²) >= 11 is 0. The summed E-state index contributed by atoms with van der Waals surface area (Å²) in [6.45, 7) is 4.84. The minimum absolute atomic E-state index is 0.109. The van der Waals surface area contributed by atoms with E-state index in [1.54, 1.807) is 0 Å². The van der Waals surface area contributed by atoms with Crippen molar-refractivity contribution in [1.82, 2.24) is 4.57 Å².